The van der Waals surface area contributed by atoms with Gasteiger partial charge in [0.2, 0.25) is 0 Å². The molecule has 0 saturated carbocycles. The van der Waals surface area contributed by atoms with Crippen molar-refractivity contribution >= 4 is 16.0 Å². The van der Waals surface area contributed by atoms with Crippen LogP contribution in [0.4, 0.5) is 6.01 Å². The van der Waals surface area contributed by atoms with Crippen LogP contribution in [0.5, 0.6) is 0 Å². The van der Waals surface area contributed by atoms with Crippen molar-refractivity contribution in [3.8, 4) is 11.5 Å². The zero-order chi connectivity index (χ0) is 17.4. The minimum Gasteiger partial charge on any atom is -0.403 e. The third-order valence-corrected chi connectivity index (χ3v) is 5.55. The highest BCUT2D eigenvalue weighted by atomic mass is 32.2. The molecule has 3 aromatic rings. The number of sulfonamides is 1. The van der Waals surface area contributed by atoms with Crippen LogP contribution in [-0.4, -0.2) is 28.4 Å². The van der Waals surface area contributed by atoms with Crippen molar-refractivity contribution in [1.29, 1.82) is 0 Å². The van der Waals surface area contributed by atoms with Gasteiger partial charge in [-0.15, -0.1) is 5.10 Å². The summed E-state index contributed by atoms with van der Waals surface area (Å²) < 4.78 is 34.5. The molecule has 1 aromatic carbocycles. The molecule has 4 rings (SSSR count). The minimum absolute atomic E-state index is 0.170. The zero-order valence-electron chi connectivity index (χ0n) is 13.6. The lowest BCUT2D eigenvalue weighted by atomic mass is 9.92. The first-order chi connectivity index (χ1) is 12.0. The standard InChI is InChI=1S/C16H17N5O3S/c1-21-10-13(9-17-21)15-18-19-16(24-15)20-25(22,23)14-7-6-11-4-2-3-5-12(11)8-14/h6-10H,2-5H2,1H3,(H,19,20). The number of nitrogens with one attached hydrogen (secondary N) is 1. The molecule has 2 aromatic heterocycles. The molecule has 1 aliphatic rings. The summed E-state index contributed by atoms with van der Waals surface area (Å²) in [6.07, 6.45) is 7.41. The first kappa shape index (κ1) is 15.8. The monoisotopic (exact) mass is 359 g/mol. The number of benzene rings is 1. The van der Waals surface area contributed by atoms with E-state index in [0.29, 0.717) is 5.56 Å². The van der Waals surface area contributed by atoms with Crippen LogP contribution in [0, 0.1) is 0 Å². The second-order valence-electron chi connectivity index (χ2n) is 6.06. The fourth-order valence-corrected chi connectivity index (χ4v) is 3.94. The average molecular weight is 359 g/mol. The number of hydrogen-bond acceptors (Lipinski definition) is 6. The van der Waals surface area contributed by atoms with Gasteiger partial charge in [0.05, 0.1) is 16.7 Å². The van der Waals surface area contributed by atoms with Gasteiger partial charge in [0.25, 0.3) is 15.9 Å². The van der Waals surface area contributed by atoms with Gasteiger partial charge in [0.15, 0.2) is 0 Å². The third kappa shape index (κ3) is 3.14. The molecule has 9 heteroatoms. The number of hydrogen-bond donors (Lipinski definition) is 1. The van der Waals surface area contributed by atoms with Crippen LogP contribution in [0.3, 0.4) is 0 Å². The zero-order valence-corrected chi connectivity index (χ0v) is 14.5. The van der Waals surface area contributed by atoms with E-state index in [2.05, 4.69) is 20.0 Å². The molecule has 0 unspecified atom stereocenters. The van der Waals surface area contributed by atoms with E-state index in [4.69, 9.17) is 4.42 Å². The summed E-state index contributed by atoms with van der Waals surface area (Å²) in [6, 6.07) is 5.06. The first-order valence-corrected chi connectivity index (χ1v) is 9.47. The first-order valence-electron chi connectivity index (χ1n) is 7.98. The molecule has 0 radical (unpaired) electrons. The van der Waals surface area contributed by atoms with Crippen molar-refractivity contribution in [2.24, 2.45) is 7.05 Å². The Morgan fingerprint density at radius 3 is 2.72 bits per heavy atom. The van der Waals surface area contributed by atoms with Crippen molar-refractivity contribution in [3.63, 3.8) is 0 Å². The van der Waals surface area contributed by atoms with Gasteiger partial charge in [-0.3, -0.25) is 4.68 Å². The quantitative estimate of drug-likeness (QED) is 0.765. The van der Waals surface area contributed by atoms with E-state index in [0.717, 1.165) is 31.2 Å². The maximum Gasteiger partial charge on any atom is 0.330 e. The van der Waals surface area contributed by atoms with Gasteiger partial charge >= 0.3 is 6.01 Å². The number of rotatable bonds is 4. The maximum atomic E-state index is 12.6. The Kier molecular flexibility index (Phi) is 3.79. The van der Waals surface area contributed by atoms with Crippen LogP contribution in [0.1, 0.15) is 24.0 Å². The van der Waals surface area contributed by atoms with Gasteiger partial charge in [-0.1, -0.05) is 11.2 Å². The van der Waals surface area contributed by atoms with Crippen molar-refractivity contribution in [3.05, 3.63) is 41.7 Å². The highest BCUT2D eigenvalue weighted by molar-refractivity contribution is 7.92. The number of fused-ring (bicyclic) bond motifs is 1. The number of aryl methyl sites for hydroxylation is 3. The number of nitrogens with zero attached hydrogens (tertiary/aromatic N) is 4. The molecule has 0 fully saturated rings. The molecule has 0 saturated heterocycles. The second kappa shape index (κ2) is 5.99. The Balaban J connectivity index is 1.58. The molecule has 1 aliphatic carbocycles. The van der Waals surface area contributed by atoms with Gasteiger partial charge in [-0.2, -0.15) is 5.10 Å². The van der Waals surface area contributed by atoms with E-state index in [9.17, 15) is 8.42 Å². The van der Waals surface area contributed by atoms with Gasteiger partial charge in [-0.25, -0.2) is 13.1 Å². The van der Waals surface area contributed by atoms with E-state index < -0.39 is 10.0 Å². The summed E-state index contributed by atoms with van der Waals surface area (Å²) in [4.78, 5) is 0.203. The molecule has 0 spiro atoms. The predicted octanol–water partition coefficient (Wildman–Crippen LogP) is 2.15. The van der Waals surface area contributed by atoms with Crippen molar-refractivity contribution < 1.29 is 12.8 Å². The van der Waals surface area contributed by atoms with Crippen molar-refractivity contribution in [2.75, 3.05) is 4.72 Å². The van der Waals surface area contributed by atoms with Crippen LogP contribution in [-0.2, 0) is 29.9 Å². The molecular weight excluding hydrogens is 342 g/mol. The highest BCUT2D eigenvalue weighted by Gasteiger charge is 2.21. The molecule has 8 nitrogen and oxygen atoms in total. The van der Waals surface area contributed by atoms with Gasteiger partial charge in [0.1, 0.15) is 0 Å². The summed E-state index contributed by atoms with van der Waals surface area (Å²) in [6.45, 7) is 0. The van der Waals surface area contributed by atoms with Crippen molar-refractivity contribution in [2.45, 2.75) is 30.6 Å². The average Bonchev–Trinajstić information content (AvgIpc) is 3.23. The molecule has 0 atom stereocenters. The second-order valence-corrected chi connectivity index (χ2v) is 7.74. The molecule has 1 N–H and O–H groups in total. The summed E-state index contributed by atoms with van der Waals surface area (Å²) in [5, 5.41) is 11.6. The lowest BCUT2D eigenvalue weighted by molar-refractivity contribution is 0.577. The third-order valence-electron chi connectivity index (χ3n) is 4.23. The van der Waals surface area contributed by atoms with Crippen LogP contribution >= 0.6 is 0 Å². The Bertz CT molecular complexity index is 1020. The predicted molar refractivity (Wildman–Crippen MR) is 90.4 cm³/mol. The Morgan fingerprint density at radius 2 is 1.96 bits per heavy atom. The minimum atomic E-state index is -3.78. The van der Waals surface area contributed by atoms with Gasteiger partial charge in [-0.05, 0) is 48.9 Å². The fraction of sp³-hybridized carbons (Fsp3) is 0.312. The van der Waals surface area contributed by atoms with E-state index in [1.165, 1.54) is 5.56 Å². The van der Waals surface area contributed by atoms with Crippen LogP contribution in [0.15, 0.2) is 39.9 Å². The summed E-state index contributed by atoms with van der Waals surface area (Å²) >= 11 is 0. The summed E-state index contributed by atoms with van der Waals surface area (Å²) in [5.41, 5.74) is 2.94. The Labute approximate surface area is 144 Å². The number of aromatic nitrogens is 4. The normalized spacial score (nSPS) is 14.3. The molecular formula is C16H17N5O3S. The van der Waals surface area contributed by atoms with Crippen LogP contribution in [0.2, 0.25) is 0 Å². The van der Waals surface area contributed by atoms with Gasteiger partial charge in [0, 0.05) is 13.2 Å². The van der Waals surface area contributed by atoms with Crippen molar-refractivity contribution in [1.82, 2.24) is 20.0 Å². The Morgan fingerprint density at radius 1 is 1.16 bits per heavy atom. The Hall–Kier alpha value is -2.68. The van der Waals surface area contributed by atoms with E-state index in [1.807, 2.05) is 6.07 Å². The molecule has 0 bridgehead atoms. The smallest absolute Gasteiger partial charge is 0.330 e. The SMILES string of the molecule is Cn1cc(-c2nnc(NS(=O)(=O)c3ccc4c(c3)CCCC4)o2)cn1. The lowest BCUT2D eigenvalue weighted by Crippen LogP contribution is -2.14. The lowest BCUT2D eigenvalue weighted by Gasteiger charge is -2.16. The number of anilines is 1. The summed E-state index contributed by atoms with van der Waals surface area (Å²) in [7, 11) is -2.01. The molecule has 0 amide bonds. The summed E-state index contributed by atoms with van der Waals surface area (Å²) in [5.74, 6) is 0.205. The molecule has 0 aliphatic heterocycles. The molecule has 2 heterocycles. The molecule has 130 valence electrons. The van der Waals surface area contributed by atoms with Gasteiger partial charge < -0.3 is 4.42 Å². The molecule has 25 heavy (non-hydrogen) atoms. The van der Waals surface area contributed by atoms with Crippen LogP contribution in [0.25, 0.3) is 11.5 Å². The van der Waals surface area contributed by atoms with E-state index in [-0.39, 0.29) is 16.8 Å². The maximum absolute atomic E-state index is 12.6. The highest BCUT2D eigenvalue weighted by Crippen LogP contribution is 2.26. The largest absolute Gasteiger partial charge is 0.403 e. The fourth-order valence-electron chi connectivity index (χ4n) is 2.96. The van der Waals surface area contributed by atoms with E-state index in [1.54, 1.807) is 36.3 Å². The topological polar surface area (TPSA) is 103 Å². The van der Waals surface area contributed by atoms with E-state index >= 15 is 0 Å². The van der Waals surface area contributed by atoms with Crippen LogP contribution < -0.4 is 4.72 Å².